The molecule has 0 amide bonds. The minimum absolute atomic E-state index is 0.0231. The fourth-order valence-electron chi connectivity index (χ4n) is 2.31. The molecule has 0 bridgehead atoms. The smallest absolute Gasteiger partial charge is 0.320 e. The highest BCUT2D eigenvalue weighted by Gasteiger charge is 2.21. The van der Waals surface area contributed by atoms with E-state index in [1.54, 1.807) is 0 Å². The normalized spacial score (nSPS) is 19.1. The van der Waals surface area contributed by atoms with Crippen molar-refractivity contribution in [1.29, 1.82) is 0 Å². The van der Waals surface area contributed by atoms with Crippen molar-refractivity contribution >= 4 is 11.9 Å². The quantitative estimate of drug-likeness (QED) is 0.746. The van der Waals surface area contributed by atoms with Crippen LogP contribution in [0, 0.1) is 0 Å². The standard InChI is InChI=1S/C10H14N2.C5H9NO4/c1-12-7-3-5-10(12)9-4-2-6-11-8-9;6-3(5(9)10)1-2-4(7)8/h2,4,6,8,10H,3,5,7H2,1H3;3H,1-2,6H2,(H,7,8)(H,9,10)/t10-;/m0./s1. The molecule has 7 nitrogen and oxygen atoms in total. The third-order valence-corrected chi connectivity index (χ3v) is 3.58. The van der Waals surface area contributed by atoms with Gasteiger partial charge in [-0.3, -0.25) is 19.5 Å². The Morgan fingerprint density at radius 1 is 1.50 bits per heavy atom. The third kappa shape index (κ3) is 6.19. The lowest BCUT2D eigenvalue weighted by atomic mass is 10.1. The van der Waals surface area contributed by atoms with E-state index >= 15 is 0 Å². The van der Waals surface area contributed by atoms with Gasteiger partial charge in [0.15, 0.2) is 0 Å². The largest absolute Gasteiger partial charge is 0.481 e. The van der Waals surface area contributed by atoms with Crippen LogP contribution in [0.15, 0.2) is 24.5 Å². The first kappa shape index (κ1) is 18.1. The zero-order chi connectivity index (χ0) is 16.5. The van der Waals surface area contributed by atoms with Crippen molar-refractivity contribution in [2.45, 2.75) is 37.8 Å². The van der Waals surface area contributed by atoms with Gasteiger partial charge in [0.25, 0.3) is 0 Å². The van der Waals surface area contributed by atoms with E-state index in [4.69, 9.17) is 15.9 Å². The molecule has 0 spiro atoms. The molecule has 4 N–H and O–H groups in total. The summed E-state index contributed by atoms with van der Waals surface area (Å²) < 4.78 is 0. The molecule has 0 saturated carbocycles. The summed E-state index contributed by atoms with van der Waals surface area (Å²) in [6, 6.07) is 3.73. The van der Waals surface area contributed by atoms with E-state index in [0.29, 0.717) is 6.04 Å². The van der Waals surface area contributed by atoms with E-state index in [1.165, 1.54) is 24.9 Å². The van der Waals surface area contributed by atoms with Crippen molar-refractivity contribution in [2.75, 3.05) is 13.6 Å². The molecule has 0 aliphatic carbocycles. The van der Waals surface area contributed by atoms with Gasteiger partial charge in [0.1, 0.15) is 6.04 Å². The molecule has 2 atom stereocenters. The van der Waals surface area contributed by atoms with Gasteiger partial charge in [0.2, 0.25) is 0 Å². The molecule has 2 rings (SSSR count). The molecule has 1 aromatic rings. The molecule has 2 heterocycles. The summed E-state index contributed by atoms with van der Waals surface area (Å²) >= 11 is 0. The summed E-state index contributed by atoms with van der Waals surface area (Å²) in [5, 5.41) is 16.3. The molecule has 1 saturated heterocycles. The number of pyridine rings is 1. The molecule has 1 aliphatic rings. The molecular weight excluding hydrogens is 286 g/mol. The van der Waals surface area contributed by atoms with Gasteiger partial charge in [0, 0.05) is 24.9 Å². The van der Waals surface area contributed by atoms with Crippen LogP contribution in [0.3, 0.4) is 0 Å². The monoisotopic (exact) mass is 309 g/mol. The van der Waals surface area contributed by atoms with E-state index in [2.05, 4.69) is 23.0 Å². The fraction of sp³-hybridized carbons (Fsp3) is 0.533. The Morgan fingerprint density at radius 3 is 2.68 bits per heavy atom. The van der Waals surface area contributed by atoms with Gasteiger partial charge in [-0.2, -0.15) is 0 Å². The Bertz CT molecular complexity index is 481. The van der Waals surface area contributed by atoms with Crippen LogP contribution in [0.2, 0.25) is 0 Å². The van der Waals surface area contributed by atoms with Gasteiger partial charge in [-0.05, 0) is 44.5 Å². The Labute approximate surface area is 129 Å². The van der Waals surface area contributed by atoms with Crippen LogP contribution in [0.1, 0.15) is 37.3 Å². The molecule has 122 valence electrons. The second-order valence-electron chi connectivity index (χ2n) is 5.30. The summed E-state index contributed by atoms with van der Waals surface area (Å²) in [6.07, 6.45) is 6.18. The topological polar surface area (TPSA) is 117 Å². The summed E-state index contributed by atoms with van der Waals surface area (Å²) in [5.74, 6) is -2.20. The molecule has 22 heavy (non-hydrogen) atoms. The van der Waals surface area contributed by atoms with Crippen molar-refractivity contribution in [2.24, 2.45) is 5.73 Å². The average molecular weight is 309 g/mol. The zero-order valence-electron chi connectivity index (χ0n) is 12.7. The van der Waals surface area contributed by atoms with E-state index in [9.17, 15) is 9.59 Å². The first-order valence-corrected chi connectivity index (χ1v) is 7.22. The van der Waals surface area contributed by atoms with Gasteiger partial charge < -0.3 is 15.9 Å². The highest BCUT2D eigenvalue weighted by molar-refractivity contribution is 5.74. The van der Waals surface area contributed by atoms with Crippen LogP contribution in [-0.4, -0.2) is 51.7 Å². The highest BCUT2D eigenvalue weighted by Crippen LogP contribution is 2.29. The van der Waals surface area contributed by atoms with Crippen LogP contribution in [-0.2, 0) is 9.59 Å². The van der Waals surface area contributed by atoms with Gasteiger partial charge in [0.05, 0.1) is 0 Å². The summed E-state index contributed by atoms with van der Waals surface area (Å²) in [4.78, 5) is 26.4. The minimum atomic E-state index is -1.17. The van der Waals surface area contributed by atoms with E-state index in [-0.39, 0.29) is 12.8 Å². The lowest BCUT2D eigenvalue weighted by Gasteiger charge is -2.18. The number of hydrogen-bond acceptors (Lipinski definition) is 5. The maximum atomic E-state index is 9.99. The number of carbonyl (C=O) groups is 2. The maximum absolute atomic E-state index is 9.99. The highest BCUT2D eigenvalue weighted by atomic mass is 16.4. The molecule has 0 radical (unpaired) electrons. The van der Waals surface area contributed by atoms with E-state index < -0.39 is 18.0 Å². The number of aliphatic carboxylic acids is 2. The molecule has 1 aliphatic heterocycles. The number of carboxylic acids is 2. The molecule has 1 unspecified atom stereocenters. The first-order chi connectivity index (χ1) is 10.4. The number of aromatic nitrogens is 1. The van der Waals surface area contributed by atoms with Gasteiger partial charge in [-0.1, -0.05) is 6.07 Å². The number of nitrogens with two attached hydrogens (primary N) is 1. The van der Waals surface area contributed by atoms with Crippen LogP contribution < -0.4 is 5.73 Å². The predicted molar refractivity (Wildman–Crippen MR) is 81.3 cm³/mol. The van der Waals surface area contributed by atoms with Crippen LogP contribution in [0.25, 0.3) is 0 Å². The molecular formula is C15H23N3O4. The summed E-state index contributed by atoms with van der Waals surface area (Å²) in [7, 11) is 2.19. The lowest BCUT2D eigenvalue weighted by molar-refractivity contribution is -0.139. The second-order valence-corrected chi connectivity index (χ2v) is 5.30. The number of likely N-dealkylation sites (tertiary alicyclic amines) is 1. The van der Waals surface area contributed by atoms with Gasteiger partial charge in [-0.25, -0.2) is 0 Å². The van der Waals surface area contributed by atoms with Crippen molar-refractivity contribution < 1.29 is 19.8 Å². The van der Waals surface area contributed by atoms with Crippen LogP contribution in [0.5, 0.6) is 0 Å². The number of carboxylic acid groups (broad SMARTS) is 2. The van der Waals surface area contributed by atoms with E-state index in [0.717, 1.165) is 0 Å². The average Bonchev–Trinajstić information content (AvgIpc) is 2.92. The third-order valence-electron chi connectivity index (χ3n) is 3.58. The van der Waals surface area contributed by atoms with Crippen LogP contribution >= 0.6 is 0 Å². The van der Waals surface area contributed by atoms with Gasteiger partial charge in [-0.15, -0.1) is 0 Å². The number of hydrogen-bond donors (Lipinski definition) is 3. The Hall–Kier alpha value is -1.99. The molecule has 7 heteroatoms. The Balaban J connectivity index is 0.000000225. The van der Waals surface area contributed by atoms with Gasteiger partial charge >= 0.3 is 11.9 Å². The first-order valence-electron chi connectivity index (χ1n) is 7.22. The van der Waals surface area contributed by atoms with Crippen molar-refractivity contribution in [1.82, 2.24) is 9.88 Å². The van der Waals surface area contributed by atoms with Crippen molar-refractivity contribution in [3.63, 3.8) is 0 Å². The second kappa shape index (κ2) is 9.11. The van der Waals surface area contributed by atoms with Crippen LogP contribution in [0.4, 0.5) is 0 Å². The summed E-state index contributed by atoms with van der Waals surface area (Å²) in [6.45, 7) is 1.22. The number of nitrogens with zero attached hydrogens (tertiary/aromatic N) is 2. The summed E-state index contributed by atoms with van der Waals surface area (Å²) in [5.41, 5.74) is 6.36. The molecule has 0 aromatic carbocycles. The maximum Gasteiger partial charge on any atom is 0.320 e. The van der Waals surface area contributed by atoms with Crippen molar-refractivity contribution in [3.05, 3.63) is 30.1 Å². The fourth-order valence-corrected chi connectivity index (χ4v) is 2.31. The molecule has 1 fully saturated rings. The van der Waals surface area contributed by atoms with Crippen molar-refractivity contribution in [3.8, 4) is 0 Å². The lowest BCUT2D eigenvalue weighted by Crippen LogP contribution is -2.30. The SMILES string of the molecule is CN1CCC[C@H]1c1cccnc1.NC(CCC(=O)O)C(=O)O. The zero-order valence-corrected chi connectivity index (χ0v) is 12.7. The Morgan fingerprint density at radius 2 is 2.23 bits per heavy atom. The van der Waals surface area contributed by atoms with E-state index in [1.807, 2.05) is 18.5 Å². The predicted octanol–water partition coefficient (Wildman–Crippen LogP) is 1.11. The minimum Gasteiger partial charge on any atom is -0.481 e. The Kier molecular flexibility index (Phi) is 7.48. The molecule has 1 aromatic heterocycles. The number of rotatable bonds is 5.